The lowest BCUT2D eigenvalue weighted by Gasteiger charge is -2.23. The quantitative estimate of drug-likeness (QED) is 0.193. The van der Waals surface area contributed by atoms with Crippen LogP contribution in [0.5, 0.6) is 17.2 Å². The fourth-order valence-corrected chi connectivity index (χ4v) is 5.34. The number of aliphatic hydroxyl groups excluding tert-OH is 1. The van der Waals surface area contributed by atoms with Crippen LogP contribution in [0, 0.1) is 11.3 Å². The van der Waals surface area contributed by atoms with Crippen molar-refractivity contribution in [3.63, 3.8) is 0 Å². The molecule has 9 heteroatoms. The zero-order valence-electron chi connectivity index (χ0n) is 22.4. The Labute approximate surface area is 240 Å². The zero-order chi connectivity index (χ0) is 29.2. The first-order valence-electron chi connectivity index (χ1n) is 13.4. The number of fused-ring (bicyclic) bond motifs is 3. The first-order valence-corrected chi connectivity index (χ1v) is 13.4. The second-order valence-corrected chi connectivity index (χ2v) is 10.2. The minimum atomic E-state index is -1.01. The van der Waals surface area contributed by atoms with Crippen LogP contribution >= 0.6 is 0 Å². The van der Waals surface area contributed by atoms with Gasteiger partial charge in [-0.05, 0) is 35.2 Å². The van der Waals surface area contributed by atoms with Gasteiger partial charge in [-0.25, -0.2) is 4.79 Å². The molecule has 0 aliphatic carbocycles. The molecule has 4 aromatic carbocycles. The van der Waals surface area contributed by atoms with Gasteiger partial charge in [-0.15, -0.1) is 0 Å². The molecule has 1 fully saturated rings. The molecule has 5 aromatic rings. The second-order valence-electron chi connectivity index (χ2n) is 10.2. The van der Waals surface area contributed by atoms with E-state index in [0.717, 1.165) is 16.3 Å². The lowest BCUT2D eigenvalue weighted by molar-refractivity contribution is -0.142. The predicted molar refractivity (Wildman–Crippen MR) is 154 cm³/mol. The Morgan fingerprint density at radius 2 is 1.86 bits per heavy atom. The maximum atomic E-state index is 12.6. The summed E-state index contributed by atoms with van der Waals surface area (Å²) in [5, 5.41) is 31.4. The van der Waals surface area contributed by atoms with Gasteiger partial charge < -0.3 is 24.1 Å². The van der Waals surface area contributed by atoms with E-state index >= 15 is 0 Å². The number of benzene rings is 4. The van der Waals surface area contributed by atoms with Crippen molar-refractivity contribution in [1.82, 2.24) is 4.90 Å². The minimum Gasteiger partial charge on any atom is -0.489 e. The summed E-state index contributed by atoms with van der Waals surface area (Å²) in [6, 6.07) is 26.2. The van der Waals surface area contributed by atoms with Gasteiger partial charge in [-0.2, -0.15) is 5.26 Å². The van der Waals surface area contributed by atoms with Crippen LogP contribution in [0.15, 0.2) is 94.1 Å². The summed E-state index contributed by atoms with van der Waals surface area (Å²) in [6.45, 7) is 0.599. The van der Waals surface area contributed by atoms with Gasteiger partial charge in [0.25, 0.3) is 0 Å². The molecule has 0 spiro atoms. The third-order valence-electron chi connectivity index (χ3n) is 7.36. The number of β-amino-alcohol motifs (C(OH)–C–C–N with tert-alkyl or cyclic N) is 1. The number of nitrogens with zero attached hydrogens (tertiary/aromatic N) is 2. The number of hydrogen-bond donors (Lipinski definition) is 2. The summed E-state index contributed by atoms with van der Waals surface area (Å²) in [5.41, 5.74) is 1.81. The molecule has 42 heavy (non-hydrogen) atoms. The van der Waals surface area contributed by atoms with Gasteiger partial charge in [0.05, 0.1) is 29.2 Å². The maximum Gasteiger partial charge on any atom is 0.339 e. The largest absolute Gasteiger partial charge is 0.489 e. The van der Waals surface area contributed by atoms with Crippen molar-refractivity contribution in [2.75, 3.05) is 6.54 Å². The molecule has 1 aliphatic heterocycles. The standard InChI is InChI=1S/C33H26N2O7/c34-16-20-4-3-5-21(12-20)19-40-25-10-8-23(17-35-18-24(36)13-28(35)33(38)39)29(14-25)41-30-15-31(37)42-32-26-7-2-1-6-22(26)9-11-27(30)32/h1-12,14-15,24,28,36H,13,17-19H2,(H,38,39)/t24-,28+/m1/s1. The zero-order valence-corrected chi connectivity index (χ0v) is 22.4. The summed E-state index contributed by atoms with van der Waals surface area (Å²) in [6.07, 6.45) is -0.621. The van der Waals surface area contributed by atoms with Crippen LogP contribution in [0.25, 0.3) is 21.7 Å². The summed E-state index contributed by atoms with van der Waals surface area (Å²) < 4.78 is 18.0. The van der Waals surface area contributed by atoms with E-state index in [0.29, 0.717) is 33.6 Å². The Hall–Kier alpha value is -5.17. The average molecular weight is 563 g/mol. The Morgan fingerprint density at radius 1 is 1.00 bits per heavy atom. The number of likely N-dealkylation sites (tertiary alicyclic amines) is 1. The molecular formula is C33H26N2O7. The molecule has 1 aliphatic rings. The number of carbonyl (C=O) groups is 1. The Kier molecular flexibility index (Phi) is 7.32. The second kappa shape index (κ2) is 11.4. The van der Waals surface area contributed by atoms with Crippen molar-refractivity contribution < 1.29 is 28.9 Å². The van der Waals surface area contributed by atoms with Crippen molar-refractivity contribution in [2.24, 2.45) is 0 Å². The highest BCUT2D eigenvalue weighted by atomic mass is 16.5. The number of nitriles is 1. The van der Waals surface area contributed by atoms with E-state index in [-0.39, 0.29) is 31.9 Å². The molecule has 6 rings (SSSR count). The topological polar surface area (TPSA) is 133 Å². The maximum absolute atomic E-state index is 12.6. The van der Waals surface area contributed by atoms with E-state index in [1.807, 2.05) is 42.5 Å². The van der Waals surface area contributed by atoms with Crippen molar-refractivity contribution >= 4 is 27.7 Å². The van der Waals surface area contributed by atoms with Crippen molar-refractivity contribution in [3.8, 4) is 23.3 Å². The van der Waals surface area contributed by atoms with E-state index in [2.05, 4.69) is 6.07 Å². The van der Waals surface area contributed by atoms with Crippen LogP contribution in [0.2, 0.25) is 0 Å². The fraction of sp³-hybridized carbons (Fsp3) is 0.182. The van der Waals surface area contributed by atoms with Crippen molar-refractivity contribution in [3.05, 3.63) is 112 Å². The summed E-state index contributed by atoms with van der Waals surface area (Å²) in [7, 11) is 0. The van der Waals surface area contributed by atoms with E-state index in [4.69, 9.17) is 13.9 Å². The van der Waals surface area contributed by atoms with Gasteiger partial charge in [0, 0.05) is 36.5 Å². The summed E-state index contributed by atoms with van der Waals surface area (Å²) in [4.78, 5) is 26.2. The van der Waals surface area contributed by atoms with Crippen LogP contribution in [0.1, 0.15) is 23.1 Å². The van der Waals surface area contributed by atoms with Crippen LogP contribution in [0.4, 0.5) is 0 Å². The molecule has 9 nitrogen and oxygen atoms in total. The molecule has 210 valence electrons. The Balaban J connectivity index is 1.38. The van der Waals surface area contributed by atoms with E-state index in [1.54, 1.807) is 41.3 Å². The first kappa shape index (κ1) is 27.0. The highest BCUT2D eigenvalue weighted by Gasteiger charge is 2.36. The molecular weight excluding hydrogens is 536 g/mol. The lowest BCUT2D eigenvalue weighted by atomic mass is 10.1. The SMILES string of the molecule is N#Cc1cccc(COc2ccc(CN3C[C@H](O)C[C@H]3C(=O)O)c(Oc3cc(=O)oc4c3ccc3ccccc34)c2)c1. The highest BCUT2D eigenvalue weighted by Crippen LogP contribution is 2.37. The number of aliphatic hydroxyl groups is 1. The van der Waals surface area contributed by atoms with Gasteiger partial charge in [0.2, 0.25) is 0 Å². The Bertz CT molecular complexity index is 1910. The molecule has 1 saturated heterocycles. The molecule has 0 saturated carbocycles. The van der Waals surface area contributed by atoms with E-state index in [1.165, 1.54) is 6.07 Å². The smallest absolute Gasteiger partial charge is 0.339 e. The van der Waals surface area contributed by atoms with Crippen LogP contribution < -0.4 is 15.1 Å². The molecule has 0 amide bonds. The molecule has 0 bridgehead atoms. The highest BCUT2D eigenvalue weighted by molar-refractivity contribution is 6.05. The van der Waals surface area contributed by atoms with Gasteiger partial charge in [-0.3, -0.25) is 9.69 Å². The van der Waals surface area contributed by atoms with Crippen LogP contribution in [0.3, 0.4) is 0 Å². The number of carboxylic acid groups (broad SMARTS) is 1. The third kappa shape index (κ3) is 5.54. The number of ether oxygens (including phenoxy) is 2. The number of rotatable bonds is 8. The fourth-order valence-electron chi connectivity index (χ4n) is 5.34. The van der Waals surface area contributed by atoms with Gasteiger partial charge in [0.1, 0.15) is 35.5 Å². The van der Waals surface area contributed by atoms with E-state index < -0.39 is 23.7 Å². The Morgan fingerprint density at radius 3 is 2.69 bits per heavy atom. The lowest BCUT2D eigenvalue weighted by Crippen LogP contribution is -2.35. The molecule has 0 radical (unpaired) electrons. The predicted octanol–water partition coefficient (Wildman–Crippen LogP) is 5.21. The van der Waals surface area contributed by atoms with Crippen LogP contribution in [-0.4, -0.2) is 39.8 Å². The van der Waals surface area contributed by atoms with Crippen molar-refractivity contribution in [1.29, 1.82) is 5.26 Å². The van der Waals surface area contributed by atoms with Gasteiger partial charge in [0.15, 0.2) is 0 Å². The third-order valence-corrected chi connectivity index (χ3v) is 7.36. The van der Waals surface area contributed by atoms with E-state index in [9.17, 15) is 25.1 Å². The number of hydrogen-bond acceptors (Lipinski definition) is 8. The number of carboxylic acids is 1. The molecule has 2 heterocycles. The van der Waals surface area contributed by atoms with Crippen LogP contribution in [-0.2, 0) is 17.9 Å². The summed E-state index contributed by atoms with van der Waals surface area (Å²) >= 11 is 0. The average Bonchev–Trinajstić information content (AvgIpc) is 3.37. The molecule has 2 N–H and O–H groups in total. The minimum absolute atomic E-state index is 0.131. The van der Waals surface area contributed by atoms with Gasteiger partial charge in [-0.1, -0.05) is 48.5 Å². The molecule has 2 atom stereocenters. The summed E-state index contributed by atoms with van der Waals surface area (Å²) in [5.74, 6) is 0.115. The first-order chi connectivity index (χ1) is 20.4. The normalized spacial score (nSPS) is 16.9. The monoisotopic (exact) mass is 562 g/mol. The molecule has 0 unspecified atom stereocenters. The molecule has 1 aromatic heterocycles. The van der Waals surface area contributed by atoms with Gasteiger partial charge >= 0.3 is 11.6 Å². The van der Waals surface area contributed by atoms with Crippen molar-refractivity contribution in [2.45, 2.75) is 31.7 Å². The number of aliphatic carboxylic acids is 1.